The zero-order valence-electron chi connectivity index (χ0n) is 16.6. The van der Waals surface area contributed by atoms with Crippen molar-refractivity contribution < 1.29 is 19.0 Å². The van der Waals surface area contributed by atoms with Crippen LogP contribution in [-0.2, 0) is 16.1 Å². The molecule has 2 rings (SSSR count). The van der Waals surface area contributed by atoms with Crippen LogP contribution in [0.2, 0.25) is 5.02 Å². The molecule has 2 atom stereocenters. The van der Waals surface area contributed by atoms with E-state index in [0.29, 0.717) is 42.7 Å². The largest absolute Gasteiger partial charge is 0.493 e. The van der Waals surface area contributed by atoms with Crippen molar-refractivity contribution >= 4 is 29.9 Å². The smallest absolute Gasteiger partial charge is 0.241 e. The topological polar surface area (TPSA) is 82.8 Å². The first-order valence-corrected chi connectivity index (χ1v) is 9.27. The molecule has 6 nitrogen and oxygen atoms in total. The number of rotatable bonds is 8. The first-order chi connectivity index (χ1) is 12.2. The lowest BCUT2D eigenvalue weighted by atomic mass is 9.54. The first-order valence-electron chi connectivity index (χ1n) is 8.89. The van der Waals surface area contributed by atoms with E-state index in [1.54, 1.807) is 19.2 Å². The average Bonchev–Trinajstić information content (AvgIpc) is 2.61. The number of benzene rings is 1. The molecule has 1 aromatic carbocycles. The van der Waals surface area contributed by atoms with Gasteiger partial charge in [-0.2, -0.15) is 0 Å². The second kappa shape index (κ2) is 9.32. The Morgan fingerprint density at radius 3 is 2.52 bits per heavy atom. The highest BCUT2D eigenvalue weighted by atomic mass is 35.5. The summed E-state index contributed by atoms with van der Waals surface area (Å²) in [6.07, 6.45) is 0.496. The quantitative estimate of drug-likeness (QED) is 0.673. The van der Waals surface area contributed by atoms with Gasteiger partial charge in [0.25, 0.3) is 0 Å². The molecule has 0 radical (unpaired) electrons. The number of halogens is 2. The fourth-order valence-electron chi connectivity index (χ4n) is 3.32. The number of amides is 1. The van der Waals surface area contributed by atoms with Gasteiger partial charge in [0.15, 0.2) is 11.5 Å². The Labute approximate surface area is 172 Å². The molecule has 1 amide bonds. The fourth-order valence-corrected chi connectivity index (χ4v) is 3.61. The summed E-state index contributed by atoms with van der Waals surface area (Å²) < 4.78 is 16.5. The summed E-state index contributed by atoms with van der Waals surface area (Å²) in [5.41, 5.74) is 5.82. The molecule has 0 bridgehead atoms. The van der Waals surface area contributed by atoms with Gasteiger partial charge in [-0.15, -0.1) is 12.4 Å². The Balaban J connectivity index is 0.00000364. The standard InChI is InChI=1S/C19H29ClN2O4.ClH/c1-6-25-15-10-19(21,18(15,3)4)17(23)22-11-12-8-13(20)16(26-7-2)14(9-12)24-5;/h8-9,15H,6-7,10-11,21H2,1-5H3,(H,22,23);1H. The number of ether oxygens (including phenoxy) is 3. The van der Waals surface area contributed by atoms with E-state index in [4.69, 9.17) is 31.5 Å². The van der Waals surface area contributed by atoms with Crippen LogP contribution in [0.1, 0.15) is 39.7 Å². The maximum atomic E-state index is 12.7. The molecule has 0 spiro atoms. The van der Waals surface area contributed by atoms with Crippen LogP contribution in [0.5, 0.6) is 11.5 Å². The molecule has 1 aliphatic carbocycles. The predicted octanol–water partition coefficient (Wildman–Crippen LogP) is 3.32. The van der Waals surface area contributed by atoms with Crippen LogP contribution in [0.15, 0.2) is 12.1 Å². The van der Waals surface area contributed by atoms with Crippen molar-refractivity contribution in [3.8, 4) is 11.5 Å². The van der Waals surface area contributed by atoms with Crippen LogP contribution in [0.4, 0.5) is 0 Å². The van der Waals surface area contributed by atoms with Crippen LogP contribution in [0.3, 0.4) is 0 Å². The summed E-state index contributed by atoms with van der Waals surface area (Å²) in [5, 5.41) is 3.36. The third-order valence-corrected chi connectivity index (χ3v) is 5.55. The molecule has 1 aliphatic rings. The number of hydrogen-bond acceptors (Lipinski definition) is 5. The van der Waals surface area contributed by atoms with E-state index >= 15 is 0 Å². The molecule has 0 heterocycles. The predicted molar refractivity (Wildman–Crippen MR) is 109 cm³/mol. The first kappa shape index (κ1) is 23.8. The number of methoxy groups -OCH3 is 1. The second-order valence-corrected chi connectivity index (χ2v) is 7.47. The third-order valence-electron chi connectivity index (χ3n) is 5.27. The van der Waals surface area contributed by atoms with Crippen molar-refractivity contribution in [3.05, 3.63) is 22.7 Å². The van der Waals surface area contributed by atoms with Gasteiger partial charge in [-0.1, -0.05) is 25.4 Å². The lowest BCUT2D eigenvalue weighted by Gasteiger charge is -2.57. The lowest BCUT2D eigenvalue weighted by Crippen LogP contribution is -2.75. The van der Waals surface area contributed by atoms with E-state index in [1.807, 2.05) is 27.7 Å². The SMILES string of the molecule is CCOc1c(Cl)cc(CNC(=O)C2(N)CC(OCC)C2(C)C)cc1OC.Cl. The number of carbonyl (C=O) groups is 1. The zero-order valence-corrected chi connectivity index (χ0v) is 18.1. The molecular formula is C19H30Cl2N2O4. The third kappa shape index (κ3) is 4.45. The number of hydrogen-bond donors (Lipinski definition) is 2. The van der Waals surface area contributed by atoms with Crippen molar-refractivity contribution in [2.75, 3.05) is 20.3 Å². The summed E-state index contributed by atoms with van der Waals surface area (Å²) >= 11 is 6.28. The molecule has 0 aromatic heterocycles. The van der Waals surface area contributed by atoms with E-state index in [9.17, 15) is 4.79 Å². The number of nitrogens with one attached hydrogen (secondary N) is 1. The molecule has 8 heteroatoms. The van der Waals surface area contributed by atoms with Crippen molar-refractivity contribution in [1.29, 1.82) is 0 Å². The maximum absolute atomic E-state index is 12.7. The maximum Gasteiger partial charge on any atom is 0.241 e. The molecule has 1 aromatic rings. The fraction of sp³-hybridized carbons (Fsp3) is 0.632. The van der Waals surface area contributed by atoms with E-state index in [1.165, 1.54) is 0 Å². The van der Waals surface area contributed by atoms with Crippen molar-refractivity contribution in [1.82, 2.24) is 5.32 Å². The van der Waals surface area contributed by atoms with Crippen LogP contribution < -0.4 is 20.5 Å². The van der Waals surface area contributed by atoms with Gasteiger partial charge in [-0.25, -0.2) is 0 Å². The average molecular weight is 421 g/mol. The Morgan fingerprint density at radius 2 is 2.00 bits per heavy atom. The van der Waals surface area contributed by atoms with Gasteiger partial charge in [0, 0.05) is 25.0 Å². The Kier molecular flexibility index (Phi) is 8.23. The molecule has 1 saturated carbocycles. The van der Waals surface area contributed by atoms with Gasteiger partial charge in [0.2, 0.25) is 5.91 Å². The summed E-state index contributed by atoms with van der Waals surface area (Å²) in [6.45, 7) is 9.14. The van der Waals surface area contributed by atoms with E-state index in [2.05, 4.69) is 5.32 Å². The van der Waals surface area contributed by atoms with Crippen molar-refractivity contribution in [2.45, 2.75) is 52.3 Å². The molecule has 2 unspecified atom stereocenters. The molecular weight excluding hydrogens is 391 g/mol. The zero-order chi connectivity index (χ0) is 19.5. The van der Waals surface area contributed by atoms with Gasteiger partial charge >= 0.3 is 0 Å². The van der Waals surface area contributed by atoms with E-state index in [0.717, 1.165) is 5.56 Å². The summed E-state index contributed by atoms with van der Waals surface area (Å²) in [6, 6.07) is 3.56. The highest BCUT2D eigenvalue weighted by Crippen LogP contribution is 2.49. The molecule has 1 fully saturated rings. The normalized spacial score (nSPS) is 23.0. The van der Waals surface area contributed by atoms with Gasteiger partial charge in [-0.3, -0.25) is 4.79 Å². The Bertz CT molecular complexity index is 669. The summed E-state index contributed by atoms with van der Waals surface area (Å²) in [5.74, 6) is 0.843. The van der Waals surface area contributed by atoms with Crippen molar-refractivity contribution in [3.63, 3.8) is 0 Å². The Hall–Kier alpha value is -1.21. The van der Waals surface area contributed by atoms with E-state index in [-0.39, 0.29) is 24.4 Å². The minimum Gasteiger partial charge on any atom is -0.493 e. The van der Waals surface area contributed by atoms with Crippen LogP contribution in [0, 0.1) is 5.41 Å². The summed E-state index contributed by atoms with van der Waals surface area (Å²) in [4.78, 5) is 12.7. The lowest BCUT2D eigenvalue weighted by molar-refractivity contribution is -0.170. The van der Waals surface area contributed by atoms with Crippen molar-refractivity contribution in [2.24, 2.45) is 11.1 Å². The van der Waals surface area contributed by atoms with E-state index < -0.39 is 11.0 Å². The van der Waals surface area contributed by atoms with Crippen LogP contribution in [-0.4, -0.2) is 37.9 Å². The van der Waals surface area contributed by atoms with Gasteiger partial charge in [0.1, 0.15) is 5.54 Å². The van der Waals surface area contributed by atoms with Crippen LogP contribution in [0.25, 0.3) is 0 Å². The van der Waals surface area contributed by atoms with Gasteiger partial charge < -0.3 is 25.3 Å². The minimum absolute atomic E-state index is 0. The highest BCUT2D eigenvalue weighted by molar-refractivity contribution is 6.32. The number of nitrogens with two attached hydrogens (primary N) is 1. The molecule has 154 valence electrons. The second-order valence-electron chi connectivity index (χ2n) is 7.07. The highest BCUT2D eigenvalue weighted by Gasteiger charge is 2.62. The van der Waals surface area contributed by atoms with Gasteiger partial charge in [0.05, 0.1) is 24.8 Å². The molecule has 0 aliphatic heterocycles. The van der Waals surface area contributed by atoms with Gasteiger partial charge in [-0.05, 0) is 31.5 Å². The Morgan fingerprint density at radius 1 is 1.33 bits per heavy atom. The molecule has 0 saturated heterocycles. The summed E-state index contributed by atoms with van der Waals surface area (Å²) in [7, 11) is 1.55. The monoisotopic (exact) mass is 420 g/mol. The molecule has 27 heavy (non-hydrogen) atoms. The minimum atomic E-state index is -0.952. The molecule has 3 N–H and O–H groups in total. The van der Waals surface area contributed by atoms with Crippen LogP contribution >= 0.6 is 24.0 Å². The number of carbonyl (C=O) groups excluding carboxylic acids is 1.